The largest absolute Gasteiger partial charge is 0.310 e. The average Bonchev–Trinajstić information content (AvgIpc) is 2.38. The maximum Gasteiger partial charge on any atom is 0.141 e. The van der Waals surface area contributed by atoms with Gasteiger partial charge in [0, 0.05) is 22.4 Å². The first-order valence-corrected chi connectivity index (χ1v) is 6.37. The summed E-state index contributed by atoms with van der Waals surface area (Å²) >= 11 is 3.53. The van der Waals surface area contributed by atoms with Crippen molar-refractivity contribution in [1.29, 1.82) is 0 Å². The number of aromatic nitrogens is 2. The summed E-state index contributed by atoms with van der Waals surface area (Å²) in [6.45, 7) is 3.71. The molecule has 2 rings (SSSR count). The SMILES string of the molecule is CCNCc1ncc(-c2ccccc2Br)cn1. The number of rotatable bonds is 4. The molecule has 1 heterocycles. The average molecular weight is 292 g/mol. The highest BCUT2D eigenvalue weighted by molar-refractivity contribution is 9.10. The lowest BCUT2D eigenvalue weighted by atomic mass is 10.1. The molecule has 3 nitrogen and oxygen atoms in total. The predicted octanol–water partition coefficient (Wildman–Crippen LogP) is 3.02. The molecule has 0 saturated carbocycles. The second-order valence-corrected chi connectivity index (χ2v) is 4.50. The van der Waals surface area contributed by atoms with E-state index in [0.29, 0.717) is 6.54 Å². The van der Waals surface area contributed by atoms with Crippen molar-refractivity contribution < 1.29 is 0 Å². The van der Waals surface area contributed by atoms with Crippen LogP contribution in [-0.2, 0) is 6.54 Å². The third-order valence-corrected chi connectivity index (χ3v) is 3.11. The van der Waals surface area contributed by atoms with Gasteiger partial charge in [0.2, 0.25) is 0 Å². The molecule has 0 spiro atoms. The molecule has 0 unspecified atom stereocenters. The first-order valence-electron chi connectivity index (χ1n) is 5.58. The van der Waals surface area contributed by atoms with Crippen molar-refractivity contribution in [2.24, 2.45) is 0 Å². The van der Waals surface area contributed by atoms with Crippen molar-refractivity contribution in [2.45, 2.75) is 13.5 Å². The van der Waals surface area contributed by atoms with E-state index < -0.39 is 0 Å². The van der Waals surface area contributed by atoms with Crippen molar-refractivity contribution in [1.82, 2.24) is 15.3 Å². The van der Waals surface area contributed by atoms with Crippen LogP contribution >= 0.6 is 15.9 Å². The van der Waals surface area contributed by atoms with Gasteiger partial charge in [-0.25, -0.2) is 9.97 Å². The van der Waals surface area contributed by atoms with Crippen LogP contribution in [0, 0.1) is 0 Å². The van der Waals surface area contributed by atoms with Gasteiger partial charge in [0.1, 0.15) is 5.82 Å². The van der Waals surface area contributed by atoms with E-state index in [4.69, 9.17) is 0 Å². The number of hydrogen-bond acceptors (Lipinski definition) is 3. The van der Waals surface area contributed by atoms with Gasteiger partial charge in [0.05, 0.1) is 6.54 Å². The lowest BCUT2D eigenvalue weighted by molar-refractivity contribution is 0.690. The Morgan fingerprint density at radius 2 is 1.88 bits per heavy atom. The normalized spacial score (nSPS) is 10.5. The molecule has 0 fully saturated rings. The van der Waals surface area contributed by atoms with Crippen molar-refractivity contribution in [3.8, 4) is 11.1 Å². The monoisotopic (exact) mass is 291 g/mol. The van der Waals surface area contributed by atoms with Gasteiger partial charge in [0.15, 0.2) is 0 Å². The van der Waals surface area contributed by atoms with Crippen LogP contribution in [0.3, 0.4) is 0 Å². The predicted molar refractivity (Wildman–Crippen MR) is 72.5 cm³/mol. The van der Waals surface area contributed by atoms with E-state index in [0.717, 1.165) is 28.0 Å². The zero-order valence-corrected chi connectivity index (χ0v) is 11.2. The summed E-state index contributed by atoms with van der Waals surface area (Å²) in [6.07, 6.45) is 3.72. The molecule has 0 aliphatic heterocycles. The summed E-state index contributed by atoms with van der Waals surface area (Å²) in [4.78, 5) is 8.68. The van der Waals surface area contributed by atoms with E-state index in [2.05, 4.69) is 38.1 Å². The molecule has 0 bridgehead atoms. The molecule has 1 aromatic heterocycles. The third-order valence-electron chi connectivity index (χ3n) is 2.42. The molecular formula is C13H14BrN3. The second-order valence-electron chi connectivity index (χ2n) is 3.65. The van der Waals surface area contributed by atoms with Crippen LogP contribution in [0.1, 0.15) is 12.7 Å². The molecule has 2 aromatic rings. The topological polar surface area (TPSA) is 37.8 Å². The first-order chi connectivity index (χ1) is 8.31. The van der Waals surface area contributed by atoms with Crippen LogP contribution in [0.15, 0.2) is 41.1 Å². The summed E-state index contributed by atoms with van der Waals surface area (Å²) < 4.78 is 1.06. The smallest absolute Gasteiger partial charge is 0.141 e. The summed E-state index contributed by atoms with van der Waals surface area (Å²) in [5, 5.41) is 3.20. The van der Waals surface area contributed by atoms with E-state index >= 15 is 0 Å². The Labute approximate surface area is 109 Å². The van der Waals surface area contributed by atoms with E-state index in [9.17, 15) is 0 Å². The van der Waals surface area contributed by atoms with E-state index in [1.54, 1.807) is 0 Å². The minimum absolute atomic E-state index is 0.715. The van der Waals surface area contributed by atoms with Gasteiger partial charge in [-0.15, -0.1) is 0 Å². The minimum Gasteiger partial charge on any atom is -0.310 e. The fraction of sp³-hybridized carbons (Fsp3) is 0.231. The number of nitrogens with one attached hydrogen (secondary N) is 1. The van der Waals surface area contributed by atoms with Crippen LogP contribution in [0.25, 0.3) is 11.1 Å². The summed E-state index contributed by atoms with van der Waals surface area (Å²) in [7, 11) is 0. The van der Waals surface area contributed by atoms with Crippen LogP contribution in [-0.4, -0.2) is 16.5 Å². The summed E-state index contributed by atoms with van der Waals surface area (Å²) in [5.41, 5.74) is 2.14. The number of halogens is 1. The van der Waals surface area contributed by atoms with Gasteiger partial charge in [-0.2, -0.15) is 0 Å². The number of hydrogen-bond donors (Lipinski definition) is 1. The van der Waals surface area contributed by atoms with Gasteiger partial charge in [0.25, 0.3) is 0 Å². The fourth-order valence-electron chi connectivity index (χ4n) is 1.52. The maximum atomic E-state index is 4.34. The van der Waals surface area contributed by atoms with E-state index in [-0.39, 0.29) is 0 Å². The molecule has 0 saturated heterocycles. The lowest BCUT2D eigenvalue weighted by Gasteiger charge is -2.05. The van der Waals surface area contributed by atoms with Crippen molar-refractivity contribution in [2.75, 3.05) is 6.54 Å². The van der Waals surface area contributed by atoms with Gasteiger partial charge in [-0.1, -0.05) is 41.1 Å². The Kier molecular flexibility index (Phi) is 4.23. The van der Waals surface area contributed by atoms with E-state index in [1.807, 2.05) is 36.7 Å². The highest BCUT2D eigenvalue weighted by Gasteiger charge is 2.03. The Morgan fingerprint density at radius 3 is 2.53 bits per heavy atom. The zero-order valence-electron chi connectivity index (χ0n) is 9.65. The van der Waals surface area contributed by atoms with Gasteiger partial charge in [-0.3, -0.25) is 0 Å². The Balaban J connectivity index is 2.21. The molecule has 0 atom stereocenters. The molecule has 17 heavy (non-hydrogen) atoms. The van der Waals surface area contributed by atoms with Crippen LogP contribution in [0.4, 0.5) is 0 Å². The molecule has 0 amide bonds. The highest BCUT2D eigenvalue weighted by atomic mass is 79.9. The maximum absolute atomic E-state index is 4.34. The molecule has 0 aliphatic rings. The lowest BCUT2D eigenvalue weighted by Crippen LogP contribution is -2.14. The third kappa shape index (κ3) is 3.11. The molecule has 4 heteroatoms. The van der Waals surface area contributed by atoms with Crippen LogP contribution in [0.2, 0.25) is 0 Å². The Hall–Kier alpha value is -1.26. The van der Waals surface area contributed by atoms with Crippen LogP contribution in [0.5, 0.6) is 0 Å². The molecule has 0 aliphatic carbocycles. The summed E-state index contributed by atoms with van der Waals surface area (Å²) in [5.74, 6) is 0.822. The molecule has 1 N–H and O–H groups in total. The minimum atomic E-state index is 0.715. The molecular weight excluding hydrogens is 278 g/mol. The molecule has 1 aromatic carbocycles. The standard InChI is InChI=1S/C13H14BrN3/c1-2-15-9-13-16-7-10(8-17-13)11-5-3-4-6-12(11)14/h3-8,15H,2,9H2,1H3. The first kappa shape index (κ1) is 12.2. The second kappa shape index (κ2) is 5.89. The molecule has 0 radical (unpaired) electrons. The number of nitrogens with zero attached hydrogens (tertiary/aromatic N) is 2. The fourth-order valence-corrected chi connectivity index (χ4v) is 2.03. The van der Waals surface area contributed by atoms with Gasteiger partial charge >= 0.3 is 0 Å². The van der Waals surface area contributed by atoms with Gasteiger partial charge in [-0.05, 0) is 18.2 Å². The zero-order chi connectivity index (χ0) is 12.1. The quantitative estimate of drug-likeness (QED) is 0.941. The summed E-state index contributed by atoms with van der Waals surface area (Å²) in [6, 6.07) is 8.06. The van der Waals surface area contributed by atoms with Crippen molar-refractivity contribution in [3.05, 3.63) is 47.0 Å². The highest BCUT2D eigenvalue weighted by Crippen LogP contribution is 2.26. The van der Waals surface area contributed by atoms with Crippen LogP contribution < -0.4 is 5.32 Å². The Morgan fingerprint density at radius 1 is 1.18 bits per heavy atom. The van der Waals surface area contributed by atoms with Crippen molar-refractivity contribution >= 4 is 15.9 Å². The van der Waals surface area contributed by atoms with Gasteiger partial charge < -0.3 is 5.32 Å². The van der Waals surface area contributed by atoms with E-state index in [1.165, 1.54) is 0 Å². The molecule has 88 valence electrons. The number of benzene rings is 1. The van der Waals surface area contributed by atoms with Crippen molar-refractivity contribution in [3.63, 3.8) is 0 Å². The Bertz CT molecular complexity index is 482.